The number of hydrogen-bond acceptors (Lipinski definition) is 4. The van der Waals surface area contributed by atoms with Crippen LogP contribution in [0.3, 0.4) is 0 Å². The van der Waals surface area contributed by atoms with E-state index in [1.807, 2.05) is 0 Å². The van der Waals surface area contributed by atoms with Crippen LogP contribution in [-0.4, -0.2) is 17.8 Å². The average Bonchev–Trinajstić information content (AvgIpc) is 2.95. The lowest BCUT2D eigenvalue weighted by Crippen LogP contribution is -2.29. The van der Waals surface area contributed by atoms with Crippen LogP contribution in [0.25, 0.3) is 0 Å². The molecular weight excluding hydrogens is 378 g/mol. The second kappa shape index (κ2) is 7.29. The van der Waals surface area contributed by atoms with Gasteiger partial charge in [-0.15, -0.1) is 0 Å². The third-order valence-electron chi connectivity index (χ3n) is 4.36. The molecule has 0 aromatic heterocycles. The molecule has 1 aliphatic heterocycles. The number of rotatable bonds is 4. The van der Waals surface area contributed by atoms with Crippen LogP contribution in [0.4, 0.5) is 5.69 Å². The molecule has 3 aromatic carbocycles. The minimum Gasteiger partial charge on any atom is -0.426 e. The van der Waals surface area contributed by atoms with E-state index >= 15 is 0 Å². The molecule has 0 saturated heterocycles. The fourth-order valence-corrected chi connectivity index (χ4v) is 3.17. The van der Waals surface area contributed by atoms with Crippen molar-refractivity contribution < 1.29 is 19.1 Å². The summed E-state index contributed by atoms with van der Waals surface area (Å²) in [7, 11) is 0. The number of halogens is 1. The molecular formula is C22H14ClNO4. The van der Waals surface area contributed by atoms with Gasteiger partial charge in [-0.25, -0.2) is 4.90 Å². The molecule has 0 spiro atoms. The molecule has 0 atom stereocenters. The number of benzene rings is 3. The second-order valence-electron chi connectivity index (χ2n) is 6.27. The summed E-state index contributed by atoms with van der Waals surface area (Å²) in [5, 5.41) is 0.589. The maximum atomic E-state index is 12.6. The van der Waals surface area contributed by atoms with Crippen LogP contribution in [0.15, 0.2) is 72.8 Å². The van der Waals surface area contributed by atoms with Crippen molar-refractivity contribution in [3.8, 4) is 5.75 Å². The van der Waals surface area contributed by atoms with E-state index in [2.05, 4.69) is 0 Å². The Morgan fingerprint density at radius 1 is 0.857 bits per heavy atom. The summed E-state index contributed by atoms with van der Waals surface area (Å²) in [4.78, 5) is 38.5. The van der Waals surface area contributed by atoms with Gasteiger partial charge in [0, 0.05) is 11.1 Å². The van der Waals surface area contributed by atoms with E-state index < -0.39 is 17.8 Å². The zero-order valence-electron chi connectivity index (χ0n) is 14.6. The van der Waals surface area contributed by atoms with Gasteiger partial charge in [0.1, 0.15) is 5.75 Å². The van der Waals surface area contributed by atoms with E-state index in [0.29, 0.717) is 21.8 Å². The van der Waals surface area contributed by atoms with Gasteiger partial charge in [0.05, 0.1) is 23.2 Å². The first-order chi connectivity index (χ1) is 13.5. The van der Waals surface area contributed by atoms with Crippen molar-refractivity contribution in [3.05, 3.63) is 94.5 Å². The number of ether oxygens (including phenoxy) is 1. The Morgan fingerprint density at radius 3 is 2.14 bits per heavy atom. The molecule has 0 saturated carbocycles. The van der Waals surface area contributed by atoms with Crippen molar-refractivity contribution in [2.24, 2.45) is 0 Å². The molecule has 1 heterocycles. The highest BCUT2D eigenvalue weighted by Crippen LogP contribution is 2.30. The molecule has 0 aliphatic carbocycles. The van der Waals surface area contributed by atoms with Gasteiger partial charge in [-0.1, -0.05) is 41.9 Å². The third-order valence-corrected chi connectivity index (χ3v) is 4.62. The van der Waals surface area contributed by atoms with Crippen LogP contribution < -0.4 is 9.64 Å². The lowest BCUT2D eigenvalue weighted by atomic mass is 10.1. The van der Waals surface area contributed by atoms with E-state index in [1.54, 1.807) is 66.7 Å². The van der Waals surface area contributed by atoms with Gasteiger partial charge in [-0.3, -0.25) is 14.4 Å². The van der Waals surface area contributed by atoms with E-state index in [0.717, 1.165) is 10.5 Å². The number of carbonyl (C=O) groups is 3. The molecule has 0 N–H and O–H groups in total. The minimum absolute atomic E-state index is 0.0778. The summed E-state index contributed by atoms with van der Waals surface area (Å²) >= 11 is 5.84. The molecule has 0 radical (unpaired) electrons. The molecule has 2 amide bonds. The summed E-state index contributed by atoms with van der Waals surface area (Å²) in [6.07, 6.45) is 0.0778. The highest BCUT2D eigenvalue weighted by Gasteiger charge is 2.36. The number of anilines is 1. The van der Waals surface area contributed by atoms with Gasteiger partial charge in [0.2, 0.25) is 0 Å². The number of nitrogens with zero attached hydrogens (tertiary/aromatic N) is 1. The van der Waals surface area contributed by atoms with Gasteiger partial charge in [0.25, 0.3) is 11.8 Å². The molecule has 0 fully saturated rings. The molecule has 5 nitrogen and oxygen atoms in total. The monoisotopic (exact) mass is 391 g/mol. The number of hydrogen-bond donors (Lipinski definition) is 0. The number of imide groups is 1. The van der Waals surface area contributed by atoms with Crippen molar-refractivity contribution in [1.82, 2.24) is 0 Å². The Hall–Kier alpha value is -3.44. The number of esters is 1. The Bertz CT molecular complexity index is 1060. The quantitative estimate of drug-likeness (QED) is 0.378. The molecule has 0 bridgehead atoms. The van der Waals surface area contributed by atoms with Crippen molar-refractivity contribution in [2.45, 2.75) is 6.42 Å². The van der Waals surface area contributed by atoms with E-state index in [4.69, 9.17) is 16.3 Å². The minimum atomic E-state index is -0.457. The molecule has 0 unspecified atom stereocenters. The number of amides is 2. The lowest BCUT2D eigenvalue weighted by molar-refractivity contribution is -0.133. The Morgan fingerprint density at radius 2 is 1.50 bits per heavy atom. The van der Waals surface area contributed by atoms with Crippen molar-refractivity contribution >= 4 is 35.1 Å². The van der Waals surface area contributed by atoms with Gasteiger partial charge >= 0.3 is 5.97 Å². The maximum Gasteiger partial charge on any atom is 0.315 e. The standard InChI is InChI=1S/C22H14ClNO4/c23-15-10-8-14(9-11-15)12-20(25)28-17-5-3-4-16(13-17)24-21(26)18-6-1-2-7-19(18)22(24)27/h1-11,13H,12H2. The number of fused-ring (bicyclic) bond motifs is 1. The summed E-state index contributed by atoms with van der Waals surface area (Å²) in [5.74, 6) is -0.995. The van der Waals surface area contributed by atoms with Gasteiger partial charge in [-0.2, -0.15) is 0 Å². The average molecular weight is 392 g/mol. The normalized spacial score (nSPS) is 12.8. The third kappa shape index (κ3) is 3.40. The van der Waals surface area contributed by atoms with Gasteiger partial charge < -0.3 is 4.74 Å². The Kier molecular flexibility index (Phi) is 4.67. The Balaban J connectivity index is 1.52. The predicted molar refractivity (Wildman–Crippen MR) is 105 cm³/mol. The lowest BCUT2D eigenvalue weighted by Gasteiger charge is -2.15. The summed E-state index contributed by atoms with van der Waals surface area (Å²) in [6, 6.07) is 19.9. The summed E-state index contributed by atoms with van der Waals surface area (Å²) in [6.45, 7) is 0. The first-order valence-corrected chi connectivity index (χ1v) is 8.94. The molecule has 4 rings (SSSR count). The van der Waals surface area contributed by atoms with E-state index in [1.165, 1.54) is 6.07 Å². The van der Waals surface area contributed by atoms with Crippen LogP contribution in [0.2, 0.25) is 5.02 Å². The second-order valence-corrected chi connectivity index (χ2v) is 6.70. The van der Waals surface area contributed by atoms with Crippen molar-refractivity contribution in [1.29, 1.82) is 0 Å². The zero-order chi connectivity index (χ0) is 19.7. The predicted octanol–water partition coefficient (Wildman–Crippen LogP) is 4.29. The Labute approximate surface area is 166 Å². The maximum absolute atomic E-state index is 12.6. The first kappa shape index (κ1) is 17.9. The van der Waals surface area contributed by atoms with Crippen molar-refractivity contribution in [3.63, 3.8) is 0 Å². The smallest absolute Gasteiger partial charge is 0.315 e. The molecule has 6 heteroatoms. The molecule has 3 aromatic rings. The van der Waals surface area contributed by atoms with E-state index in [9.17, 15) is 14.4 Å². The van der Waals surface area contributed by atoms with Crippen LogP contribution in [0.5, 0.6) is 5.75 Å². The van der Waals surface area contributed by atoms with Crippen LogP contribution in [0, 0.1) is 0 Å². The SMILES string of the molecule is O=C(Cc1ccc(Cl)cc1)Oc1cccc(N2C(=O)c3ccccc3C2=O)c1. The highest BCUT2D eigenvalue weighted by molar-refractivity contribution is 6.34. The van der Waals surface area contributed by atoms with Crippen LogP contribution >= 0.6 is 11.6 Å². The number of carbonyl (C=O) groups excluding carboxylic acids is 3. The van der Waals surface area contributed by atoms with Gasteiger partial charge in [0.15, 0.2) is 0 Å². The van der Waals surface area contributed by atoms with E-state index in [-0.39, 0.29) is 12.2 Å². The topological polar surface area (TPSA) is 63.7 Å². The molecule has 138 valence electrons. The van der Waals surface area contributed by atoms with Gasteiger partial charge in [-0.05, 0) is 42.0 Å². The highest BCUT2D eigenvalue weighted by atomic mass is 35.5. The van der Waals surface area contributed by atoms with Crippen molar-refractivity contribution in [2.75, 3.05) is 4.90 Å². The molecule has 1 aliphatic rings. The molecule has 28 heavy (non-hydrogen) atoms. The fourth-order valence-electron chi connectivity index (χ4n) is 3.05. The summed E-state index contributed by atoms with van der Waals surface area (Å²) in [5.41, 5.74) is 1.84. The zero-order valence-corrected chi connectivity index (χ0v) is 15.3. The fraction of sp³-hybridized carbons (Fsp3) is 0.0455. The first-order valence-electron chi connectivity index (χ1n) is 8.56. The van der Waals surface area contributed by atoms with Crippen LogP contribution in [0.1, 0.15) is 26.3 Å². The summed E-state index contributed by atoms with van der Waals surface area (Å²) < 4.78 is 5.38. The largest absolute Gasteiger partial charge is 0.426 e. The van der Waals surface area contributed by atoms with Crippen LogP contribution in [-0.2, 0) is 11.2 Å².